The van der Waals surface area contributed by atoms with Crippen molar-refractivity contribution in [1.82, 2.24) is 9.47 Å². The van der Waals surface area contributed by atoms with Crippen LogP contribution in [0.4, 0.5) is 5.69 Å². The zero-order valence-corrected chi connectivity index (χ0v) is 15.9. The van der Waals surface area contributed by atoms with E-state index >= 15 is 0 Å². The molecule has 0 saturated carbocycles. The molecule has 0 radical (unpaired) electrons. The van der Waals surface area contributed by atoms with E-state index in [1.54, 1.807) is 0 Å². The van der Waals surface area contributed by atoms with Gasteiger partial charge in [0.2, 0.25) is 0 Å². The Labute approximate surface area is 164 Å². The van der Waals surface area contributed by atoms with E-state index in [0.29, 0.717) is 6.54 Å². The van der Waals surface area contributed by atoms with E-state index in [0.717, 1.165) is 43.7 Å². The molecule has 6 heteroatoms. The number of hydrogen-bond acceptors (Lipinski definition) is 5. The third-order valence-electron chi connectivity index (χ3n) is 6.46. The molecule has 148 valence electrons. The minimum absolute atomic E-state index is 0.122. The molecule has 2 aliphatic carbocycles. The van der Waals surface area contributed by atoms with Crippen molar-refractivity contribution in [2.75, 3.05) is 37.6 Å². The van der Waals surface area contributed by atoms with Gasteiger partial charge in [0.05, 0.1) is 12.6 Å². The van der Waals surface area contributed by atoms with Gasteiger partial charge < -0.3 is 20.2 Å². The number of fused-ring (bicyclic) bond motifs is 5. The van der Waals surface area contributed by atoms with Gasteiger partial charge in [0.15, 0.2) is 11.8 Å². The minimum atomic E-state index is -0.641. The molecule has 1 saturated heterocycles. The first-order valence-electron chi connectivity index (χ1n) is 10.1. The fourth-order valence-electron chi connectivity index (χ4n) is 5.06. The Balaban J connectivity index is 1.20. The van der Waals surface area contributed by atoms with Gasteiger partial charge in [0.1, 0.15) is 0 Å². The molecule has 6 nitrogen and oxygen atoms in total. The summed E-state index contributed by atoms with van der Waals surface area (Å²) in [5.41, 5.74) is 2.95. The van der Waals surface area contributed by atoms with Crippen LogP contribution in [0.5, 0.6) is 11.8 Å². The molecule has 2 heterocycles. The maximum absolute atomic E-state index is 10.6. The Morgan fingerprint density at radius 3 is 2.07 bits per heavy atom. The quantitative estimate of drug-likeness (QED) is 0.693. The van der Waals surface area contributed by atoms with Gasteiger partial charge in [-0.3, -0.25) is 9.47 Å². The highest BCUT2D eigenvalue weighted by Gasteiger charge is 2.41. The third kappa shape index (κ3) is 2.88. The van der Waals surface area contributed by atoms with Crippen LogP contribution in [0, 0.1) is 0 Å². The second kappa shape index (κ2) is 6.87. The molecule has 2 bridgehead atoms. The van der Waals surface area contributed by atoms with Crippen LogP contribution in [0.15, 0.2) is 42.5 Å². The second-order valence-corrected chi connectivity index (χ2v) is 8.20. The molecular weight excluding hydrogens is 354 g/mol. The lowest BCUT2D eigenvalue weighted by Crippen LogP contribution is -2.49. The summed E-state index contributed by atoms with van der Waals surface area (Å²) >= 11 is 0. The second-order valence-electron chi connectivity index (χ2n) is 8.20. The van der Waals surface area contributed by atoms with Crippen molar-refractivity contribution in [1.29, 1.82) is 0 Å². The van der Waals surface area contributed by atoms with E-state index in [9.17, 15) is 15.3 Å². The average molecular weight is 381 g/mol. The van der Waals surface area contributed by atoms with Crippen LogP contribution in [0.3, 0.4) is 0 Å². The number of β-amino-alcohol motifs (C(OH)–C–C–N with tert-alkyl or cyclic N) is 1. The van der Waals surface area contributed by atoms with E-state index < -0.39 is 6.10 Å². The summed E-state index contributed by atoms with van der Waals surface area (Å²) in [6, 6.07) is 10.4. The predicted octanol–water partition coefficient (Wildman–Crippen LogP) is 2.22. The number of rotatable bonds is 5. The first-order chi connectivity index (χ1) is 13.6. The number of aromatic nitrogens is 1. The maximum Gasteiger partial charge on any atom is 0.198 e. The molecule has 1 aromatic heterocycles. The summed E-state index contributed by atoms with van der Waals surface area (Å²) in [5.74, 6) is 0.653. The number of aliphatic hydroxyl groups excluding tert-OH is 1. The molecule has 2 aromatic rings. The van der Waals surface area contributed by atoms with Gasteiger partial charge in [0.25, 0.3) is 0 Å². The number of aromatic hydroxyl groups is 2. The lowest BCUT2D eigenvalue weighted by molar-refractivity contribution is 0.0907. The van der Waals surface area contributed by atoms with Crippen molar-refractivity contribution in [3.8, 4) is 11.8 Å². The van der Waals surface area contributed by atoms with Crippen LogP contribution >= 0.6 is 0 Å². The number of para-hydroxylation sites is 1. The van der Waals surface area contributed by atoms with Crippen molar-refractivity contribution in [3.05, 3.63) is 53.6 Å². The van der Waals surface area contributed by atoms with Gasteiger partial charge in [0, 0.05) is 61.4 Å². The maximum atomic E-state index is 10.6. The smallest absolute Gasteiger partial charge is 0.198 e. The highest BCUT2D eigenvalue weighted by atomic mass is 16.3. The van der Waals surface area contributed by atoms with Gasteiger partial charge >= 0.3 is 0 Å². The van der Waals surface area contributed by atoms with Crippen molar-refractivity contribution in [2.24, 2.45) is 0 Å². The fraction of sp³-hybridized carbons (Fsp3) is 0.455. The molecule has 1 aromatic carbocycles. The largest absolute Gasteiger partial charge is 0.494 e. The predicted molar refractivity (Wildman–Crippen MR) is 108 cm³/mol. The summed E-state index contributed by atoms with van der Waals surface area (Å²) in [4.78, 5) is 4.61. The number of benzene rings is 1. The van der Waals surface area contributed by atoms with Gasteiger partial charge in [-0.15, -0.1) is 0 Å². The van der Waals surface area contributed by atoms with Gasteiger partial charge in [-0.1, -0.05) is 30.4 Å². The van der Waals surface area contributed by atoms with E-state index in [-0.39, 0.29) is 30.1 Å². The number of nitrogens with zero attached hydrogens (tertiary/aromatic N) is 3. The molecule has 1 aliphatic heterocycles. The molecule has 2 unspecified atom stereocenters. The Bertz CT molecular complexity index is 849. The van der Waals surface area contributed by atoms with E-state index in [1.807, 2.05) is 6.07 Å². The first-order valence-corrected chi connectivity index (χ1v) is 10.1. The van der Waals surface area contributed by atoms with Gasteiger partial charge in [-0.2, -0.15) is 0 Å². The Kier molecular flexibility index (Phi) is 4.33. The van der Waals surface area contributed by atoms with Crippen LogP contribution in [-0.4, -0.2) is 63.6 Å². The number of hydrogen-bond donors (Lipinski definition) is 3. The monoisotopic (exact) mass is 381 g/mol. The van der Waals surface area contributed by atoms with E-state index in [4.69, 9.17) is 0 Å². The number of allylic oxidation sites excluding steroid dienone is 2. The fourth-order valence-corrected chi connectivity index (χ4v) is 5.06. The molecule has 3 aliphatic rings. The van der Waals surface area contributed by atoms with Crippen LogP contribution in [-0.2, 0) is 6.54 Å². The highest BCUT2D eigenvalue weighted by Crippen LogP contribution is 2.56. The molecule has 3 atom stereocenters. The molecule has 1 fully saturated rings. The third-order valence-corrected chi connectivity index (χ3v) is 6.46. The zero-order valence-electron chi connectivity index (χ0n) is 15.9. The van der Waals surface area contributed by atoms with Crippen molar-refractivity contribution in [3.63, 3.8) is 0 Å². The van der Waals surface area contributed by atoms with Gasteiger partial charge in [-0.05, 0) is 18.6 Å². The molecule has 5 rings (SSSR count). The summed E-state index contributed by atoms with van der Waals surface area (Å²) in [6.07, 6.45) is 4.53. The van der Waals surface area contributed by atoms with Crippen molar-refractivity contribution in [2.45, 2.75) is 30.9 Å². The molecule has 0 spiro atoms. The molecule has 0 amide bonds. The number of anilines is 1. The van der Waals surface area contributed by atoms with Gasteiger partial charge in [-0.25, -0.2) is 0 Å². The van der Waals surface area contributed by atoms with E-state index in [2.05, 4.69) is 46.2 Å². The van der Waals surface area contributed by atoms with Crippen molar-refractivity contribution < 1.29 is 15.3 Å². The molecule has 28 heavy (non-hydrogen) atoms. The number of piperazine rings is 1. The Morgan fingerprint density at radius 2 is 1.46 bits per heavy atom. The average Bonchev–Trinajstić information content (AvgIpc) is 3.39. The van der Waals surface area contributed by atoms with Crippen LogP contribution < -0.4 is 4.90 Å². The van der Waals surface area contributed by atoms with Crippen LogP contribution in [0.2, 0.25) is 0 Å². The normalized spacial score (nSPS) is 24.7. The molecular formula is C22H27N3O3. The first kappa shape index (κ1) is 17.6. The summed E-state index contributed by atoms with van der Waals surface area (Å²) in [7, 11) is 0. The van der Waals surface area contributed by atoms with Crippen LogP contribution in [0.25, 0.3) is 0 Å². The molecule has 3 N–H and O–H groups in total. The lowest BCUT2D eigenvalue weighted by atomic mass is 10.0. The highest BCUT2D eigenvalue weighted by molar-refractivity contribution is 5.58. The minimum Gasteiger partial charge on any atom is -0.494 e. The number of aliphatic hydroxyl groups is 1. The lowest BCUT2D eigenvalue weighted by Gasteiger charge is -2.37. The standard InChI is InChI=1S/C22H27N3O3/c26-18(13-23-8-10-24(11-9-23)17-4-2-1-3-5-17)14-25-21(27)19-15-6-7-16(12-15)20(19)22(25)28/h1-7,15-16,18,26-28H,8-14H2/t15-,16?,18?/m0/s1. The van der Waals surface area contributed by atoms with Crippen molar-refractivity contribution >= 4 is 5.69 Å². The summed E-state index contributed by atoms with van der Waals surface area (Å²) in [6.45, 7) is 4.39. The van der Waals surface area contributed by atoms with E-state index in [1.165, 1.54) is 10.3 Å². The van der Waals surface area contributed by atoms with Crippen LogP contribution in [0.1, 0.15) is 29.4 Å². The zero-order chi connectivity index (χ0) is 19.3. The Hall–Kier alpha value is -2.44. The topological polar surface area (TPSA) is 72.1 Å². The Morgan fingerprint density at radius 1 is 0.857 bits per heavy atom. The summed E-state index contributed by atoms with van der Waals surface area (Å²) < 4.78 is 1.49. The summed E-state index contributed by atoms with van der Waals surface area (Å²) in [5, 5.41) is 31.8. The SMILES string of the molecule is Oc1c2c(c(O)n1CC(O)CN1CCN(c3ccccc3)CC1)[C@H]1C=CC2C1.